The summed E-state index contributed by atoms with van der Waals surface area (Å²) in [7, 11) is 0. The molecule has 1 aromatic heterocycles. The van der Waals surface area contributed by atoms with Crippen LogP contribution in [0.25, 0.3) is 0 Å². The quantitative estimate of drug-likeness (QED) is 0.855. The predicted molar refractivity (Wildman–Crippen MR) is 90.0 cm³/mol. The lowest BCUT2D eigenvalue weighted by Crippen LogP contribution is -2.27. The summed E-state index contributed by atoms with van der Waals surface area (Å²) in [5.41, 5.74) is 7.92. The fourth-order valence-corrected chi connectivity index (χ4v) is 3.21. The highest BCUT2D eigenvalue weighted by molar-refractivity contribution is 7.15. The van der Waals surface area contributed by atoms with Gasteiger partial charge in [-0.2, -0.15) is 0 Å². The van der Waals surface area contributed by atoms with Gasteiger partial charge >= 0.3 is 0 Å². The maximum absolute atomic E-state index is 12.2. The fourth-order valence-electron chi connectivity index (χ4n) is 2.20. The normalized spacial score (nSPS) is 12.4. The molecule has 1 unspecified atom stereocenters. The highest BCUT2D eigenvalue weighted by atomic mass is 32.1. The lowest BCUT2D eigenvalue weighted by Gasteiger charge is -2.11. The first kappa shape index (κ1) is 16.6. The Bertz CT molecular complexity index is 619. The van der Waals surface area contributed by atoms with E-state index in [1.54, 1.807) is 0 Å². The van der Waals surface area contributed by atoms with Crippen LogP contribution in [0.4, 0.5) is 5.13 Å². The van der Waals surface area contributed by atoms with Crippen LogP contribution in [0, 0.1) is 6.92 Å². The van der Waals surface area contributed by atoms with Crippen molar-refractivity contribution in [2.75, 3.05) is 5.32 Å². The molecular weight excluding hydrogens is 296 g/mol. The number of aryl methyl sites for hydroxylation is 1. The van der Waals surface area contributed by atoms with Crippen molar-refractivity contribution in [3.8, 4) is 0 Å². The Morgan fingerprint density at radius 3 is 2.45 bits per heavy atom. The summed E-state index contributed by atoms with van der Waals surface area (Å²) >= 11 is 1.42. The average molecular weight is 318 g/mol. The number of hydrogen-bond donors (Lipinski definition) is 2. The van der Waals surface area contributed by atoms with Gasteiger partial charge in [0, 0.05) is 5.92 Å². The average Bonchev–Trinajstić information content (AvgIpc) is 2.97. The van der Waals surface area contributed by atoms with Crippen molar-refractivity contribution in [2.45, 2.75) is 45.6 Å². The first-order valence-corrected chi connectivity index (χ1v) is 8.33. The van der Waals surface area contributed by atoms with Crippen LogP contribution < -0.4 is 11.1 Å². The number of rotatable bonds is 6. The minimum absolute atomic E-state index is 0.268. The second kappa shape index (κ2) is 7.47. The van der Waals surface area contributed by atoms with Crippen molar-refractivity contribution in [1.82, 2.24) is 10.2 Å². The van der Waals surface area contributed by atoms with Gasteiger partial charge < -0.3 is 5.73 Å². The molecule has 1 amide bonds. The number of carbonyl (C=O) groups is 1. The summed E-state index contributed by atoms with van der Waals surface area (Å²) in [6.07, 6.45) is 2.03. The van der Waals surface area contributed by atoms with Gasteiger partial charge in [-0.3, -0.25) is 10.1 Å². The number of hydrogen-bond acceptors (Lipinski definition) is 5. The summed E-state index contributed by atoms with van der Waals surface area (Å²) in [4.78, 5) is 12.2. The third-order valence-corrected chi connectivity index (χ3v) is 4.73. The van der Waals surface area contributed by atoms with Crippen LogP contribution in [0.15, 0.2) is 24.3 Å². The number of carbonyl (C=O) groups excluding carboxylic acids is 1. The monoisotopic (exact) mass is 318 g/mol. The Kier molecular flexibility index (Phi) is 5.63. The van der Waals surface area contributed by atoms with Crippen molar-refractivity contribution in [3.63, 3.8) is 0 Å². The molecule has 0 aliphatic rings. The molecule has 118 valence electrons. The Morgan fingerprint density at radius 1 is 1.23 bits per heavy atom. The topological polar surface area (TPSA) is 80.9 Å². The number of nitrogens with zero attached hydrogens (tertiary/aromatic N) is 2. The molecule has 0 radical (unpaired) electrons. The zero-order valence-electron chi connectivity index (χ0n) is 13.2. The van der Waals surface area contributed by atoms with Crippen molar-refractivity contribution < 1.29 is 4.79 Å². The van der Waals surface area contributed by atoms with E-state index in [4.69, 9.17) is 5.73 Å². The predicted octanol–water partition coefficient (Wildman–Crippen LogP) is 3.39. The second-order valence-corrected chi connectivity index (χ2v) is 6.35. The van der Waals surface area contributed by atoms with E-state index in [-0.39, 0.29) is 5.91 Å². The van der Waals surface area contributed by atoms with Gasteiger partial charge in [0.2, 0.25) is 11.0 Å². The number of nitrogens with one attached hydrogen (secondary N) is 1. The molecule has 1 heterocycles. The van der Waals surface area contributed by atoms with Crippen LogP contribution >= 0.6 is 11.3 Å². The van der Waals surface area contributed by atoms with E-state index in [0.29, 0.717) is 11.0 Å². The lowest BCUT2D eigenvalue weighted by atomic mass is 10.1. The SMILES string of the molecule is CCC(CC)c1nnc(NC(=O)C(N)c2ccc(C)cc2)s1. The van der Waals surface area contributed by atoms with Crippen LogP contribution in [0.1, 0.15) is 54.8 Å². The number of anilines is 1. The van der Waals surface area contributed by atoms with E-state index in [2.05, 4.69) is 29.4 Å². The second-order valence-electron chi connectivity index (χ2n) is 5.34. The molecule has 1 aromatic carbocycles. The van der Waals surface area contributed by atoms with Gasteiger partial charge in [-0.05, 0) is 25.3 Å². The molecule has 0 saturated heterocycles. The fraction of sp³-hybridized carbons (Fsp3) is 0.438. The number of aromatic nitrogens is 2. The minimum Gasteiger partial charge on any atom is -0.316 e. The summed E-state index contributed by atoms with van der Waals surface area (Å²) in [6.45, 7) is 6.25. The summed E-state index contributed by atoms with van der Waals surface area (Å²) in [6, 6.07) is 6.92. The maximum atomic E-state index is 12.2. The molecule has 2 rings (SSSR count). The molecule has 0 fully saturated rings. The Morgan fingerprint density at radius 2 is 1.86 bits per heavy atom. The van der Waals surface area contributed by atoms with Crippen molar-refractivity contribution in [2.24, 2.45) is 5.73 Å². The molecular formula is C16H22N4OS. The van der Waals surface area contributed by atoms with Crippen LogP contribution in [0.3, 0.4) is 0 Å². The molecule has 0 aliphatic carbocycles. The maximum Gasteiger partial charge on any atom is 0.247 e. The van der Waals surface area contributed by atoms with Crippen molar-refractivity contribution in [3.05, 3.63) is 40.4 Å². The Balaban J connectivity index is 2.04. The summed E-state index contributed by atoms with van der Waals surface area (Å²) < 4.78 is 0. The highest BCUT2D eigenvalue weighted by Gasteiger charge is 2.19. The Hall–Kier alpha value is -1.79. The van der Waals surface area contributed by atoms with Gasteiger partial charge in [-0.1, -0.05) is 55.0 Å². The van der Waals surface area contributed by atoms with E-state index in [1.165, 1.54) is 11.3 Å². The molecule has 0 saturated carbocycles. The molecule has 5 nitrogen and oxygen atoms in total. The van der Waals surface area contributed by atoms with Gasteiger partial charge in [-0.15, -0.1) is 10.2 Å². The van der Waals surface area contributed by atoms with E-state index in [0.717, 1.165) is 29.0 Å². The van der Waals surface area contributed by atoms with E-state index in [1.807, 2.05) is 31.2 Å². The third kappa shape index (κ3) is 3.90. The lowest BCUT2D eigenvalue weighted by molar-refractivity contribution is -0.117. The summed E-state index contributed by atoms with van der Waals surface area (Å²) in [5, 5.41) is 12.4. The van der Waals surface area contributed by atoms with Crippen molar-refractivity contribution >= 4 is 22.4 Å². The van der Waals surface area contributed by atoms with Crippen LogP contribution in [0.2, 0.25) is 0 Å². The first-order valence-electron chi connectivity index (χ1n) is 7.51. The molecule has 22 heavy (non-hydrogen) atoms. The van der Waals surface area contributed by atoms with Gasteiger partial charge in [-0.25, -0.2) is 0 Å². The zero-order chi connectivity index (χ0) is 16.1. The first-order chi connectivity index (χ1) is 10.5. The zero-order valence-corrected chi connectivity index (χ0v) is 14.0. The molecule has 0 bridgehead atoms. The smallest absolute Gasteiger partial charge is 0.247 e. The molecule has 3 N–H and O–H groups in total. The van der Waals surface area contributed by atoms with E-state index < -0.39 is 6.04 Å². The Labute approximate surface area is 135 Å². The molecule has 1 atom stereocenters. The molecule has 2 aromatic rings. The standard InChI is InChI=1S/C16H22N4OS/c1-4-11(5-2)15-19-20-16(22-15)18-14(21)13(17)12-8-6-10(3)7-9-12/h6-9,11,13H,4-5,17H2,1-3H3,(H,18,20,21). The van der Waals surface area contributed by atoms with Gasteiger partial charge in [0.15, 0.2) is 0 Å². The third-order valence-electron chi connectivity index (χ3n) is 3.72. The van der Waals surface area contributed by atoms with E-state index >= 15 is 0 Å². The molecule has 0 spiro atoms. The number of amides is 1. The van der Waals surface area contributed by atoms with Crippen LogP contribution in [0.5, 0.6) is 0 Å². The number of benzene rings is 1. The van der Waals surface area contributed by atoms with Gasteiger partial charge in [0.05, 0.1) is 0 Å². The van der Waals surface area contributed by atoms with Crippen LogP contribution in [-0.4, -0.2) is 16.1 Å². The van der Waals surface area contributed by atoms with E-state index in [9.17, 15) is 4.79 Å². The number of nitrogens with two attached hydrogens (primary N) is 1. The van der Waals surface area contributed by atoms with Crippen LogP contribution in [-0.2, 0) is 4.79 Å². The highest BCUT2D eigenvalue weighted by Crippen LogP contribution is 2.28. The molecule has 6 heteroatoms. The molecule has 0 aliphatic heterocycles. The largest absolute Gasteiger partial charge is 0.316 e. The minimum atomic E-state index is -0.707. The van der Waals surface area contributed by atoms with Crippen molar-refractivity contribution in [1.29, 1.82) is 0 Å². The van der Waals surface area contributed by atoms with Gasteiger partial charge in [0.25, 0.3) is 0 Å². The van der Waals surface area contributed by atoms with Gasteiger partial charge in [0.1, 0.15) is 11.0 Å². The summed E-state index contributed by atoms with van der Waals surface area (Å²) in [5.74, 6) is 0.130.